The summed E-state index contributed by atoms with van der Waals surface area (Å²) in [6.45, 7) is 15.1. The highest BCUT2D eigenvalue weighted by molar-refractivity contribution is 7.80. The Labute approximate surface area is 225 Å². The van der Waals surface area contributed by atoms with Crippen molar-refractivity contribution >= 4 is 40.7 Å². The number of nitrogens with zero attached hydrogens (tertiary/aromatic N) is 1. The van der Waals surface area contributed by atoms with E-state index in [1.807, 2.05) is 49.1 Å². The third-order valence-electron chi connectivity index (χ3n) is 6.52. The monoisotopic (exact) mass is 522 g/mol. The average molecular weight is 523 g/mol. The maximum Gasteiger partial charge on any atom is 0.338 e. The second kappa shape index (κ2) is 12.2. The molecule has 7 nitrogen and oxygen atoms in total. The number of amides is 2. The number of anilines is 2. The summed E-state index contributed by atoms with van der Waals surface area (Å²) in [6, 6.07) is 12.8. The number of ether oxygens (including phenoxy) is 1. The minimum absolute atomic E-state index is 0.274. The van der Waals surface area contributed by atoms with E-state index >= 15 is 0 Å². The summed E-state index contributed by atoms with van der Waals surface area (Å²) in [4.78, 5) is 27.7. The van der Waals surface area contributed by atoms with E-state index in [1.165, 1.54) is 0 Å². The zero-order valence-corrected chi connectivity index (χ0v) is 23.6. The number of benzene rings is 2. The molecule has 0 radical (unpaired) electrons. The van der Waals surface area contributed by atoms with E-state index in [9.17, 15) is 9.59 Å². The van der Waals surface area contributed by atoms with Gasteiger partial charge in [0, 0.05) is 23.6 Å². The number of urea groups is 1. The van der Waals surface area contributed by atoms with Gasteiger partial charge in [-0.15, -0.1) is 0 Å². The molecular weight excluding hydrogens is 484 g/mol. The Hall–Kier alpha value is -3.39. The lowest BCUT2D eigenvalue weighted by molar-refractivity contribution is -0.139. The maximum absolute atomic E-state index is 13.0. The predicted octanol–water partition coefficient (Wildman–Crippen LogP) is 6.67. The molecule has 0 aliphatic carbocycles. The Kier molecular flexibility index (Phi) is 9.32. The van der Waals surface area contributed by atoms with Gasteiger partial charge < -0.3 is 25.6 Å². The number of hydrogen-bond acceptors (Lipinski definition) is 4. The van der Waals surface area contributed by atoms with Gasteiger partial charge >= 0.3 is 12.0 Å². The van der Waals surface area contributed by atoms with E-state index < -0.39 is 6.04 Å². The number of esters is 1. The highest BCUT2D eigenvalue weighted by Crippen LogP contribution is 2.34. The van der Waals surface area contributed by atoms with Crippen LogP contribution in [0.25, 0.3) is 0 Å². The fourth-order valence-corrected chi connectivity index (χ4v) is 5.00. The van der Waals surface area contributed by atoms with Crippen molar-refractivity contribution in [3.8, 4) is 0 Å². The van der Waals surface area contributed by atoms with E-state index in [4.69, 9.17) is 17.0 Å². The van der Waals surface area contributed by atoms with Crippen molar-refractivity contribution in [3.63, 3.8) is 0 Å². The SMILES string of the molecule is CCOC(=O)C1=C(C)N(CC)C(=S)NC1c1ccc(NC(=O)Nc2c(C(C)C)cccc2C(C)C)cc1. The van der Waals surface area contributed by atoms with E-state index in [2.05, 4.69) is 55.8 Å². The molecule has 198 valence electrons. The van der Waals surface area contributed by atoms with Gasteiger partial charge in [-0.05, 0) is 73.6 Å². The first-order chi connectivity index (χ1) is 17.6. The Bertz CT molecular complexity index is 1160. The Morgan fingerprint density at radius 3 is 2.11 bits per heavy atom. The molecule has 37 heavy (non-hydrogen) atoms. The number of hydrogen-bond donors (Lipinski definition) is 3. The summed E-state index contributed by atoms with van der Waals surface area (Å²) < 4.78 is 5.35. The van der Waals surface area contributed by atoms with Gasteiger partial charge in [0.1, 0.15) is 0 Å². The lowest BCUT2D eigenvalue weighted by Crippen LogP contribution is -2.47. The standard InChI is InChI=1S/C29H38N4O3S/c1-8-33-19(7)24(27(34)36-9-2)25(32-29(33)37)20-13-15-21(16-14-20)30-28(35)31-26-22(17(3)4)11-10-12-23(26)18(5)6/h10-18,25H,8-9H2,1-7H3,(H,32,37)(H2,30,31,35). The molecule has 2 aromatic rings. The summed E-state index contributed by atoms with van der Waals surface area (Å²) in [7, 11) is 0. The fraction of sp³-hybridized carbons (Fsp3) is 0.414. The second-order valence-corrected chi connectivity index (χ2v) is 10.1. The quantitative estimate of drug-likeness (QED) is 0.265. The largest absolute Gasteiger partial charge is 0.463 e. The van der Waals surface area contributed by atoms with Gasteiger partial charge in [0.2, 0.25) is 0 Å². The second-order valence-electron chi connectivity index (χ2n) is 9.67. The highest BCUT2D eigenvalue weighted by atomic mass is 32.1. The molecule has 1 aliphatic heterocycles. The highest BCUT2D eigenvalue weighted by Gasteiger charge is 2.34. The van der Waals surface area contributed by atoms with E-state index in [0.717, 1.165) is 28.1 Å². The minimum Gasteiger partial charge on any atom is -0.463 e. The summed E-state index contributed by atoms with van der Waals surface area (Å²) in [5.74, 6) is 0.178. The predicted molar refractivity (Wildman–Crippen MR) is 154 cm³/mol. The molecule has 2 amide bonds. The maximum atomic E-state index is 13.0. The number of thiocarbonyl (C=S) groups is 1. The van der Waals surface area contributed by atoms with Crippen LogP contribution in [0.15, 0.2) is 53.7 Å². The molecule has 0 aromatic heterocycles. The lowest BCUT2D eigenvalue weighted by atomic mass is 9.93. The van der Waals surface area contributed by atoms with Crippen LogP contribution in [0.2, 0.25) is 0 Å². The minimum atomic E-state index is -0.441. The van der Waals surface area contributed by atoms with E-state index in [-0.39, 0.29) is 30.4 Å². The van der Waals surface area contributed by atoms with E-state index in [0.29, 0.717) is 22.9 Å². The van der Waals surface area contributed by atoms with Crippen LogP contribution in [-0.4, -0.2) is 35.2 Å². The molecule has 1 heterocycles. The van der Waals surface area contributed by atoms with Crippen LogP contribution in [0.3, 0.4) is 0 Å². The molecule has 0 spiro atoms. The van der Waals surface area contributed by atoms with Gasteiger partial charge in [-0.2, -0.15) is 0 Å². The molecule has 1 unspecified atom stereocenters. The van der Waals surface area contributed by atoms with Crippen LogP contribution in [0.1, 0.15) is 83.0 Å². The van der Waals surface area contributed by atoms with Gasteiger partial charge in [0.25, 0.3) is 0 Å². The molecule has 3 N–H and O–H groups in total. The van der Waals surface area contributed by atoms with Crippen molar-refractivity contribution in [2.75, 3.05) is 23.8 Å². The number of carbonyl (C=O) groups excluding carboxylic acids is 2. The first-order valence-electron chi connectivity index (χ1n) is 12.9. The van der Waals surface area contributed by atoms with Gasteiger partial charge in [-0.3, -0.25) is 0 Å². The first kappa shape index (κ1) is 28.2. The lowest BCUT2D eigenvalue weighted by Gasteiger charge is -2.37. The Morgan fingerprint density at radius 1 is 1.00 bits per heavy atom. The zero-order valence-electron chi connectivity index (χ0n) is 22.8. The molecule has 1 aliphatic rings. The van der Waals surface area contributed by atoms with Crippen LogP contribution in [0, 0.1) is 0 Å². The normalized spacial score (nSPS) is 15.6. The van der Waals surface area contributed by atoms with Crippen LogP contribution < -0.4 is 16.0 Å². The zero-order chi connectivity index (χ0) is 27.3. The number of para-hydroxylation sites is 1. The van der Waals surface area contributed by atoms with Gasteiger partial charge in [0.05, 0.1) is 18.2 Å². The summed E-state index contributed by atoms with van der Waals surface area (Å²) in [6.07, 6.45) is 0. The molecule has 1 atom stereocenters. The fourth-order valence-electron chi connectivity index (χ4n) is 4.62. The van der Waals surface area contributed by atoms with Crippen LogP contribution in [0.5, 0.6) is 0 Å². The molecule has 8 heteroatoms. The summed E-state index contributed by atoms with van der Waals surface area (Å²) in [5.41, 5.74) is 5.86. The number of nitrogens with one attached hydrogen (secondary N) is 3. The van der Waals surface area contributed by atoms with Crippen LogP contribution in [-0.2, 0) is 9.53 Å². The molecule has 0 bridgehead atoms. The molecule has 0 saturated heterocycles. The molecular formula is C29H38N4O3S. The van der Waals surface area contributed by atoms with Crippen molar-refractivity contribution < 1.29 is 14.3 Å². The van der Waals surface area contributed by atoms with Gasteiger partial charge in [-0.25, -0.2) is 9.59 Å². The number of allylic oxidation sites excluding steroid dienone is 1. The molecule has 2 aromatic carbocycles. The summed E-state index contributed by atoms with van der Waals surface area (Å²) in [5, 5.41) is 9.84. The third kappa shape index (κ3) is 6.31. The van der Waals surface area contributed by atoms with Gasteiger partial charge in [-0.1, -0.05) is 58.0 Å². The molecule has 0 fully saturated rings. The van der Waals surface area contributed by atoms with Crippen molar-refractivity contribution in [2.45, 2.75) is 66.3 Å². The Morgan fingerprint density at radius 2 is 1.59 bits per heavy atom. The average Bonchev–Trinajstić information content (AvgIpc) is 2.84. The smallest absolute Gasteiger partial charge is 0.338 e. The Balaban J connectivity index is 1.83. The van der Waals surface area contributed by atoms with Crippen LogP contribution in [0.4, 0.5) is 16.2 Å². The van der Waals surface area contributed by atoms with Crippen molar-refractivity contribution in [2.24, 2.45) is 0 Å². The van der Waals surface area contributed by atoms with E-state index in [1.54, 1.807) is 6.92 Å². The van der Waals surface area contributed by atoms with Gasteiger partial charge in [0.15, 0.2) is 5.11 Å². The summed E-state index contributed by atoms with van der Waals surface area (Å²) >= 11 is 5.55. The number of rotatable bonds is 8. The first-order valence-corrected chi connectivity index (χ1v) is 13.3. The molecule has 3 rings (SSSR count). The topological polar surface area (TPSA) is 82.7 Å². The van der Waals surface area contributed by atoms with Crippen LogP contribution >= 0.6 is 12.2 Å². The number of carbonyl (C=O) groups is 2. The van der Waals surface area contributed by atoms with Crippen molar-refractivity contribution in [3.05, 3.63) is 70.4 Å². The van der Waals surface area contributed by atoms with Crippen molar-refractivity contribution in [1.29, 1.82) is 0 Å². The third-order valence-corrected chi connectivity index (χ3v) is 6.86. The molecule has 0 saturated carbocycles. The van der Waals surface area contributed by atoms with Crippen molar-refractivity contribution in [1.82, 2.24) is 10.2 Å².